The first-order valence-electron chi connectivity index (χ1n) is 12.9. The average Bonchev–Trinajstić information content (AvgIpc) is 3.53. The number of fused-ring (bicyclic) bond motifs is 1. The molecule has 2 heterocycles. The average molecular weight is 522 g/mol. The van der Waals surface area contributed by atoms with Gasteiger partial charge in [0.05, 0.1) is 23.7 Å². The molecule has 5 rings (SSSR count). The summed E-state index contributed by atoms with van der Waals surface area (Å²) in [4.78, 5) is 19.2. The van der Waals surface area contributed by atoms with Gasteiger partial charge in [0, 0.05) is 17.7 Å². The molecule has 7 nitrogen and oxygen atoms in total. The highest BCUT2D eigenvalue weighted by Crippen LogP contribution is 2.36. The molecule has 8 heteroatoms. The number of halogens is 1. The quantitative estimate of drug-likeness (QED) is 0.333. The normalized spacial score (nSPS) is 16.1. The van der Waals surface area contributed by atoms with Gasteiger partial charge >= 0.3 is 5.97 Å². The fraction of sp³-hybridized carbons (Fsp3) is 0.414. The molecule has 2 aliphatic rings. The van der Waals surface area contributed by atoms with Crippen molar-refractivity contribution < 1.29 is 18.8 Å². The molecule has 3 aromatic rings. The van der Waals surface area contributed by atoms with Crippen LogP contribution in [0.4, 0.5) is 0 Å². The third-order valence-corrected chi connectivity index (χ3v) is 7.18. The number of likely N-dealkylation sites (tertiary alicyclic amines) is 1. The van der Waals surface area contributed by atoms with Crippen LogP contribution in [0.1, 0.15) is 44.7 Å². The van der Waals surface area contributed by atoms with Crippen molar-refractivity contribution in [2.24, 2.45) is 5.92 Å². The topological polar surface area (TPSA) is 77.7 Å². The van der Waals surface area contributed by atoms with E-state index in [0.29, 0.717) is 29.1 Å². The number of nitrogens with zero attached hydrogens (tertiary/aromatic N) is 3. The van der Waals surface area contributed by atoms with Crippen molar-refractivity contribution in [2.45, 2.75) is 46.1 Å². The van der Waals surface area contributed by atoms with Gasteiger partial charge in [0.2, 0.25) is 5.82 Å². The molecule has 1 aliphatic carbocycles. The van der Waals surface area contributed by atoms with Crippen molar-refractivity contribution in [3.05, 3.63) is 58.6 Å². The maximum Gasteiger partial charge on any atom is 0.309 e. The van der Waals surface area contributed by atoms with Crippen LogP contribution in [0.15, 0.2) is 47.0 Å². The number of hydrogen-bond acceptors (Lipinski definition) is 7. The smallest absolute Gasteiger partial charge is 0.309 e. The first-order valence-corrected chi connectivity index (χ1v) is 13.3. The van der Waals surface area contributed by atoms with E-state index in [9.17, 15) is 4.79 Å². The minimum atomic E-state index is -0.0567. The highest BCUT2D eigenvalue weighted by molar-refractivity contribution is 6.32. The van der Waals surface area contributed by atoms with Crippen LogP contribution in [-0.4, -0.2) is 53.4 Å². The maximum atomic E-state index is 12.1. The Labute approximate surface area is 222 Å². The van der Waals surface area contributed by atoms with Crippen LogP contribution in [0.25, 0.3) is 28.4 Å². The van der Waals surface area contributed by atoms with Crippen molar-refractivity contribution in [3.8, 4) is 28.6 Å². The number of rotatable bonds is 8. The monoisotopic (exact) mass is 521 g/mol. The third kappa shape index (κ3) is 5.58. The van der Waals surface area contributed by atoms with E-state index in [4.69, 9.17) is 25.6 Å². The molecule has 0 radical (unpaired) electrons. The van der Waals surface area contributed by atoms with Gasteiger partial charge in [-0.15, -0.1) is 0 Å². The Morgan fingerprint density at radius 2 is 1.97 bits per heavy atom. The van der Waals surface area contributed by atoms with Crippen LogP contribution in [0.5, 0.6) is 5.75 Å². The standard InChI is InChI=1S/C29H32ClN3O4/c1-4-35-29(34)19-12-14-33(15-13-19)17-21-8-10-23-22(21)6-5-7-24(23)27-31-28(37-32-27)20-9-11-26(25(30)16-20)36-18(2)3/h5-9,11,16,18-19H,4,10,12-15,17H2,1-3H3. The number of aromatic nitrogens is 2. The summed E-state index contributed by atoms with van der Waals surface area (Å²) in [7, 11) is 0. The van der Waals surface area contributed by atoms with E-state index in [0.717, 1.165) is 50.0 Å². The molecular formula is C29H32ClN3O4. The Balaban J connectivity index is 1.28. The summed E-state index contributed by atoms with van der Waals surface area (Å²) >= 11 is 6.41. The van der Waals surface area contributed by atoms with E-state index in [1.165, 1.54) is 16.7 Å². The Morgan fingerprint density at radius 1 is 1.19 bits per heavy atom. The lowest BCUT2D eigenvalue weighted by Crippen LogP contribution is -2.37. The van der Waals surface area contributed by atoms with Crippen molar-refractivity contribution in [1.29, 1.82) is 0 Å². The van der Waals surface area contributed by atoms with E-state index in [2.05, 4.69) is 27.2 Å². The molecule has 0 N–H and O–H groups in total. The van der Waals surface area contributed by atoms with Gasteiger partial charge in [0.25, 0.3) is 5.89 Å². The molecule has 37 heavy (non-hydrogen) atoms. The molecule has 2 aromatic carbocycles. The number of esters is 1. The van der Waals surface area contributed by atoms with Crippen molar-refractivity contribution in [3.63, 3.8) is 0 Å². The number of carbonyl (C=O) groups excluding carboxylic acids is 1. The lowest BCUT2D eigenvalue weighted by atomic mass is 9.95. The van der Waals surface area contributed by atoms with Crippen LogP contribution < -0.4 is 4.74 Å². The van der Waals surface area contributed by atoms with Crippen LogP contribution in [0.2, 0.25) is 5.02 Å². The molecule has 0 bridgehead atoms. The fourth-order valence-electron chi connectivity index (χ4n) is 5.06. The lowest BCUT2D eigenvalue weighted by Gasteiger charge is -2.31. The summed E-state index contributed by atoms with van der Waals surface area (Å²) in [6.07, 6.45) is 4.85. The Hall–Kier alpha value is -3.16. The van der Waals surface area contributed by atoms with E-state index in [1.807, 2.05) is 45.0 Å². The van der Waals surface area contributed by atoms with Gasteiger partial charge in [-0.05, 0) is 88.0 Å². The molecule has 1 fully saturated rings. The van der Waals surface area contributed by atoms with Crippen LogP contribution >= 0.6 is 11.6 Å². The largest absolute Gasteiger partial charge is 0.489 e. The second kappa shape index (κ2) is 11.1. The van der Waals surface area contributed by atoms with Crippen molar-refractivity contribution in [2.75, 3.05) is 26.2 Å². The number of hydrogen-bond donors (Lipinski definition) is 0. The van der Waals surface area contributed by atoms with Gasteiger partial charge in [0.1, 0.15) is 5.75 Å². The Bertz CT molecular complexity index is 1310. The minimum absolute atomic E-state index is 0.0221. The predicted molar refractivity (Wildman–Crippen MR) is 143 cm³/mol. The van der Waals surface area contributed by atoms with Gasteiger partial charge in [-0.25, -0.2) is 0 Å². The van der Waals surface area contributed by atoms with Crippen molar-refractivity contribution >= 4 is 23.1 Å². The first kappa shape index (κ1) is 25.5. The van der Waals surface area contributed by atoms with E-state index < -0.39 is 0 Å². The summed E-state index contributed by atoms with van der Waals surface area (Å²) in [5.74, 6) is 1.58. The van der Waals surface area contributed by atoms with Gasteiger partial charge in [0.15, 0.2) is 0 Å². The molecule has 0 amide bonds. The van der Waals surface area contributed by atoms with Gasteiger partial charge in [-0.2, -0.15) is 4.98 Å². The van der Waals surface area contributed by atoms with Crippen LogP contribution in [-0.2, 0) is 16.0 Å². The van der Waals surface area contributed by atoms with E-state index in [-0.39, 0.29) is 18.0 Å². The number of allylic oxidation sites excluding steroid dienone is 1. The van der Waals surface area contributed by atoms with Gasteiger partial charge < -0.3 is 14.0 Å². The number of ether oxygens (including phenoxy) is 2. The number of piperidine rings is 1. The number of benzene rings is 2. The summed E-state index contributed by atoms with van der Waals surface area (Å²) in [5, 5.41) is 4.79. The molecule has 0 atom stereocenters. The molecule has 1 aliphatic heterocycles. The molecule has 0 unspecified atom stereocenters. The highest BCUT2D eigenvalue weighted by atomic mass is 35.5. The number of carbonyl (C=O) groups is 1. The first-order chi connectivity index (χ1) is 17.9. The zero-order valence-corrected chi connectivity index (χ0v) is 22.3. The van der Waals surface area contributed by atoms with E-state index >= 15 is 0 Å². The Morgan fingerprint density at radius 3 is 2.70 bits per heavy atom. The Kier molecular flexibility index (Phi) is 7.63. The minimum Gasteiger partial charge on any atom is -0.489 e. The zero-order valence-electron chi connectivity index (χ0n) is 21.5. The zero-order chi connectivity index (χ0) is 25.9. The third-order valence-electron chi connectivity index (χ3n) is 6.88. The maximum absolute atomic E-state index is 12.1. The summed E-state index contributed by atoms with van der Waals surface area (Å²) < 4.78 is 16.5. The fourth-order valence-corrected chi connectivity index (χ4v) is 5.29. The summed E-state index contributed by atoms with van der Waals surface area (Å²) in [6.45, 7) is 8.88. The molecule has 1 aromatic heterocycles. The summed E-state index contributed by atoms with van der Waals surface area (Å²) in [6, 6.07) is 11.7. The van der Waals surface area contributed by atoms with E-state index in [1.54, 1.807) is 6.07 Å². The predicted octanol–water partition coefficient (Wildman–Crippen LogP) is 6.06. The van der Waals surface area contributed by atoms with Crippen LogP contribution in [0.3, 0.4) is 0 Å². The summed E-state index contributed by atoms with van der Waals surface area (Å²) in [5.41, 5.74) is 5.48. The molecule has 194 valence electrons. The van der Waals surface area contributed by atoms with Crippen molar-refractivity contribution in [1.82, 2.24) is 15.0 Å². The SMILES string of the molecule is CCOC(=O)C1CCN(CC2=CCc3c2cccc3-c2noc(-c3ccc(OC(C)C)c(Cl)c3)n2)CC1. The second-order valence-electron chi connectivity index (χ2n) is 9.80. The molecular weight excluding hydrogens is 490 g/mol. The molecule has 0 saturated carbocycles. The molecule has 0 spiro atoms. The lowest BCUT2D eigenvalue weighted by molar-refractivity contribution is -0.149. The highest BCUT2D eigenvalue weighted by Gasteiger charge is 2.28. The van der Waals surface area contributed by atoms with Gasteiger partial charge in [-0.3, -0.25) is 9.69 Å². The van der Waals surface area contributed by atoms with Gasteiger partial charge in [-0.1, -0.05) is 41.0 Å². The molecule has 1 saturated heterocycles. The van der Waals surface area contributed by atoms with Crippen LogP contribution in [0, 0.1) is 5.92 Å². The second-order valence-corrected chi connectivity index (χ2v) is 10.2.